The standard InChI is InChI=1S/C72H127NO8/c1-6-8-10-12-14-16-18-20-22-24-26-27-28-29-30-31-32-33-34-35-36-37-38-39-40-41-42-43-45-46-48-50-52-54-56-58-60-62-69(74)79-66-68(67-80-72(71(76)77)78-65-64-73(3,4)5)81-70(75)63-61-59-57-55-53-51-49-47-44-25-23-21-19-17-15-13-11-9-7-2/h9,11,15,17-18,20-21,23-24,26,28-29,44,47,68,72H,6-8,10,12-14,16,19,22,25,27,30-43,45-46,48-67H2,1-5H3/b11-9-,17-15-,20-18-,23-21-,26-24-,29-28-,47-44-. The van der Waals surface area contributed by atoms with Gasteiger partial charge in [0, 0.05) is 12.8 Å². The molecule has 0 aromatic heterocycles. The molecule has 0 aliphatic rings. The SMILES string of the molecule is CC/C=C\C/C=C\C/C=C\C/C=C\CCCCCCCCC(=O)OC(COC(=O)CCCCCCCCCCCCCCCCCCCCCCCC/C=C\C/C=C\C/C=C\CCCCCCC)COC(OCC[N+](C)(C)C)C(=O)[O-]. The van der Waals surface area contributed by atoms with Gasteiger partial charge in [0.2, 0.25) is 0 Å². The quantitative estimate of drug-likeness (QED) is 0.0195. The molecule has 0 radical (unpaired) electrons. The van der Waals surface area contributed by atoms with E-state index >= 15 is 0 Å². The lowest BCUT2D eigenvalue weighted by Gasteiger charge is -2.26. The van der Waals surface area contributed by atoms with E-state index in [-0.39, 0.29) is 38.6 Å². The van der Waals surface area contributed by atoms with Gasteiger partial charge in [0.1, 0.15) is 13.2 Å². The fraction of sp³-hybridized carbons (Fsp3) is 0.764. The molecule has 0 N–H and O–H groups in total. The van der Waals surface area contributed by atoms with Gasteiger partial charge in [-0.1, -0.05) is 279 Å². The van der Waals surface area contributed by atoms with Crippen LogP contribution in [0.5, 0.6) is 0 Å². The lowest BCUT2D eigenvalue weighted by molar-refractivity contribution is -0.870. The van der Waals surface area contributed by atoms with Crippen molar-refractivity contribution in [2.24, 2.45) is 0 Å². The van der Waals surface area contributed by atoms with Gasteiger partial charge in [0.05, 0.1) is 40.3 Å². The van der Waals surface area contributed by atoms with Crippen LogP contribution in [-0.4, -0.2) is 82.3 Å². The number of hydrogen-bond donors (Lipinski definition) is 0. The van der Waals surface area contributed by atoms with E-state index in [4.69, 9.17) is 18.9 Å². The molecular weight excluding hydrogens is 1010 g/mol. The Morgan fingerprint density at radius 3 is 1.05 bits per heavy atom. The molecule has 0 spiro atoms. The molecule has 468 valence electrons. The summed E-state index contributed by atoms with van der Waals surface area (Å²) in [5.74, 6) is -2.29. The molecule has 0 aliphatic heterocycles. The molecule has 0 rings (SSSR count). The number of nitrogens with zero attached hydrogens (tertiary/aromatic N) is 1. The van der Waals surface area contributed by atoms with E-state index in [0.29, 0.717) is 17.4 Å². The Morgan fingerprint density at radius 2 is 0.704 bits per heavy atom. The minimum Gasteiger partial charge on any atom is -0.545 e. The van der Waals surface area contributed by atoms with Gasteiger partial charge >= 0.3 is 11.9 Å². The topological polar surface area (TPSA) is 111 Å². The second-order valence-electron chi connectivity index (χ2n) is 23.7. The number of allylic oxidation sites excluding steroid dienone is 14. The first kappa shape index (κ1) is 77.5. The van der Waals surface area contributed by atoms with Crippen molar-refractivity contribution in [1.29, 1.82) is 0 Å². The van der Waals surface area contributed by atoms with Crippen molar-refractivity contribution in [3.05, 3.63) is 85.1 Å². The molecule has 81 heavy (non-hydrogen) atoms. The van der Waals surface area contributed by atoms with Crippen LogP contribution in [0.2, 0.25) is 0 Å². The van der Waals surface area contributed by atoms with E-state index in [2.05, 4.69) is 98.9 Å². The Kier molecular flexibility index (Phi) is 59.8. The van der Waals surface area contributed by atoms with E-state index in [1.54, 1.807) is 0 Å². The number of aliphatic carboxylic acids is 1. The van der Waals surface area contributed by atoms with Crippen LogP contribution >= 0.6 is 0 Å². The van der Waals surface area contributed by atoms with Gasteiger partial charge in [0.15, 0.2) is 12.4 Å². The Morgan fingerprint density at radius 1 is 0.383 bits per heavy atom. The third-order valence-electron chi connectivity index (χ3n) is 14.6. The first-order valence-electron chi connectivity index (χ1n) is 33.7. The van der Waals surface area contributed by atoms with Gasteiger partial charge in [-0.25, -0.2) is 0 Å². The lowest BCUT2D eigenvalue weighted by atomic mass is 10.0. The summed E-state index contributed by atoms with van der Waals surface area (Å²) in [4.78, 5) is 37.4. The van der Waals surface area contributed by atoms with Crippen LogP contribution in [0.15, 0.2) is 85.1 Å². The fourth-order valence-electron chi connectivity index (χ4n) is 9.48. The van der Waals surface area contributed by atoms with Crippen LogP contribution in [0.25, 0.3) is 0 Å². The fourth-order valence-corrected chi connectivity index (χ4v) is 9.48. The van der Waals surface area contributed by atoms with E-state index < -0.39 is 24.3 Å². The summed E-state index contributed by atoms with van der Waals surface area (Å²) < 4.78 is 22.7. The van der Waals surface area contributed by atoms with Crippen molar-refractivity contribution in [3.63, 3.8) is 0 Å². The van der Waals surface area contributed by atoms with Gasteiger partial charge in [-0.05, 0) is 89.9 Å². The molecule has 0 fully saturated rings. The van der Waals surface area contributed by atoms with Crippen LogP contribution in [0.4, 0.5) is 0 Å². The Hall–Kier alpha value is -3.53. The van der Waals surface area contributed by atoms with E-state index in [1.807, 2.05) is 21.1 Å². The molecule has 2 atom stereocenters. The summed E-state index contributed by atoms with van der Waals surface area (Å²) in [7, 11) is 5.92. The monoisotopic (exact) mass is 1130 g/mol. The van der Waals surface area contributed by atoms with Crippen molar-refractivity contribution in [1.82, 2.24) is 0 Å². The molecule has 9 nitrogen and oxygen atoms in total. The highest BCUT2D eigenvalue weighted by Crippen LogP contribution is 2.17. The molecule has 9 heteroatoms. The predicted octanol–water partition coefficient (Wildman–Crippen LogP) is 19.4. The number of carbonyl (C=O) groups excluding carboxylic acids is 3. The summed E-state index contributed by atoms with van der Waals surface area (Å²) in [6, 6.07) is 0. The van der Waals surface area contributed by atoms with Crippen LogP contribution in [-0.2, 0) is 33.3 Å². The van der Waals surface area contributed by atoms with Crippen molar-refractivity contribution < 1.29 is 42.9 Å². The molecule has 0 heterocycles. The maximum atomic E-state index is 12.9. The highest BCUT2D eigenvalue weighted by atomic mass is 16.7. The maximum absolute atomic E-state index is 12.9. The molecule has 2 unspecified atom stereocenters. The van der Waals surface area contributed by atoms with Crippen LogP contribution in [0, 0.1) is 0 Å². The normalized spacial score (nSPS) is 13.2. The number of carboxylic acids is 1. The Balaban J connectivity index is 4.03. The van der Waals surface area contributed by atoms with Crippen LogP contribution < -0.4 is 5.11 Å². The largest absolute Gasteiger partial charge is 0.545 e. The van der Waals surface area contributed by atoms with Gasteiger partial charge in [-0.15, -0.1) is 0 Å². The van der Waals surface area contributed by atoms with Crippen molar-refractivity contribution >= 4 is 17.9 Å². The third kappa shape index (κ3) is 63.9. The van der Waals surface area contributed by atoms with Gasteiger partial charge < -0.3 is 33.3 Å². The van der Waals surface area contributed by atoms with Crippen molar-refractivity contribution in [2.45, 2.75) is 309 Å². The third-order valence-corrected chi connectivity index (χ3v) is 14.6. The summed E-state index contributed by atoms with van der Waals surface area (Å²) in [5, 5.41) is 11.8. The summed E-state index contributed by atoms with van der Waals surface area (Å²) in [5.41, 5.74) is 0. The summed E-state index contributed by atoms with van der Waals surface area (Å²) in [6.45, 7) is 4.63. The molecular formula is C72H127NO8. The average Bonchev–Trinajstić information content (AvgIpc) is 3.44. The number of ether oxygens (including phenoxy) is 4. The van der Waals surface area contributed by atoms with Gasteiger partial charge in [-0.2, -0.15) is 0 Å². The smallest absolute Gasteiger partial charge is 0.306 e. The predicted molar refractivity (Wildman–Crippen MR) is 343 cm³/mol. The van der Waals surface area contributed by atoms with Crippen molar-refractivity contribution in [2.75, 3.05) is 47.5 Å². The Bertz CT molecular complexity index is 1600. The maximum Gasteiger partial charge on any atom is 0.306 e. The summed E-state index contributed by atoms with van der Waals surface area (Å²) >= 11 is 0. The highest BCUT2D eigenvalue weighted by Gasteiger charge is 2.22. The van der Waals surface area contributed by atoms with E-state index in [0.717, 1.165) is 96.3 Å². The number of carboxylic acid groups (broad SMARTS) is 1. The van der Waals surface area contributed by atoms with Gasteiger partial charge in [-0.3, -0.25) is 9.59 Å². The highest BCUT2D eigenvalue weighted by molar-refractivity contribution is 5.70. The molecule has 0 aromatic carbocycles. The minimum atomic E-state index is -1.63. The second-order valence-corrected chi connectivity index (χ2v) is 23.7. The van der Waals surface area contributed by atoms with Gasteiger partial charge in [0.25, 0.3) is 0 Å². The number of rotatable bonds is 62. The number of quaternary nitrogens is 1. The molecule has 0 aromatic rings. The average molecular weight is 1130 g/mol. The Labute approximate surface area is 500 Å². The molecule has 0 amide bonds. The molecule has 0 saturated heterocycles. The first-order valence-corrected chi connectivity index (χ1v) is 33.7. The van der Waals surface area contributed by atoms with E-state index in [1.165, 1.54) is 167 Å². The number of carbonyl (C=O) groups is 3. The molecule has 0 bridgehead atoms. The van der Waals surface area contributed by atoms with Crippen LogP contribution in [0.1, 0.15) is 296 Å². The summed E-state index contributed by atoms with van der Waals surface area (Å²) in [6.07, 6.45) is 81.0. The molecule has 0 saturated carbocycles. The first-order chi connectivity index (χ1) is 39.6. The molecule has 0 aliphatic carbocycles. The number of hydrogen-bond acceptors (Lipinski definition) is 8. The number of esters is 2. The second kappa shape index (κ2) is 62.5. The number of likely N-dealkylation sites (N-methyl/N-ethyl adjacent to an activating group) is 1. The zero-order chi connectivity index (χ0) is 59.1. The van der Waals surface area contributed by atoms with Crippen molar-refractivity contribution in [3.8, 4) is 0 Å². The lowest BCUT2D eigenvalue weighted by Crippen LogP contribution is -2.44. The zero-order valence-corrected chi connectivity index (χ0v) is 53.4. The zero-order valence-electron chi connectivity index (χ0n) is 53.4. The number of unbranched alkanes of at least 4 members (excludes halogenated alkanes) is 33. The minimum absolute atomic E-state index is 0.142. The van der Waals surface area contributed by atoms with Crippen LogP contribution in [0.3, 0.4) is 0 Å². The van der Waals surface area contributed by atoms with E-state index in [9.17, 15) is 19.5 Å².